The third-order valence-electron chi connectivity index (χ3n) is 12.9. The zero-order valence-corrected chi connectivity index (χ0v) is 33.0. The molecule has 6 rings (SSSR count). The second kappa shape index (κ2) is 16.0. The van der Waals surface area contributed by atoms with Gasteiger partial charge in [0.05, 0.1) is 29.6 Å². The molecule has 18 heteroatoms. The number of likely N-dealkylation sites (tertiary alicyclic amines) is 1. The summed E-state index contributed by atoms with van der Waals surface area (Å²) in [7, 11) is -0.573. The Kier molecular flexibility index (Phi) is 12.3. The summed E-state index contributed by atoms with van der Waals surface area (Å²) in [6.45, 7) is 13.9. The van der Waals surface area contributed by atoms with Crippen LogP contribution in [0.3, 0.4) is 0 Å². The Bertz CT molecular complexity index is 1550. The van der Waals surface area contributed by atoms with Crippen LogP contribution in [-0.4, -0.2) is 118 Å². The highest BCUT2D eigenvalue weighted by Crippen LogP contribution is 2.66. The van der Waals surface area contributed by atoms with E-state index in [0.29, 0.717) is 44.1 Å². The topological polar surface area (TPSA) is 256 Å². The first-order valence-electron chi connectivity index (χ1n) is 19.7. The van der Waals surface area contributed by atoms with Gasteiger partial charge in [0.15, 0.2) is 0 Å². The quantitative estimate of drug-likeness (QED) is 0.0988. The van der Waals surface area contributed by atoms with Gasteiger partial charge in [0, 0.05) is 13.0 Å². The standard InChI is InChI=1S/C37H59BN6O11/c1-18(2)28(41-31(50)22(10-11-26(45)46)40-30(49)21(39)17-27(47)48)33(52)42-29(19(3)4)34(53)44-14-8-9-23(44)32(51)43-37(12-13-37)38-54-25-16-20-15-24(35(20,5)6)36(25,7)55-38/h18-25,28-29H,8-17,39H2,1-7H3,(H,40,49)(H,41,50)(H,42,52)(H,43,51)(H,45,46)(H,47,48)/t20-,21-,22-,23-,24-,25+,28-,29-,36-/m0/s1. The SMILES string of the molecule is CC(C)[C@H](NC(=O)[C@H](CCC(=O)O)NC(=O)[C@@H](N)CC(=O)O)C(=O)N[C@H](C(=O)N1CCC[C@H]1C(=O)NC1(B2O[C@@H]3C[C@@H]4C[C@@H](C4(C)C)[C@]3(C)O2)CC1)C(C)C. The van der Waals surface area contributed by atoms with Crippen LogP contribution in [0.4, 0.5) is 0 Å². The lowest BCUT2D eigenvalue weighted by Gasteiger charge is -2.64. The monoisotopic (exact) mass is 774 g/mol. The van der Waals surface area contributed by atoms with Gasteiger partial charge >= 0.3 is 19.1 Å². The molecule has 0 aromatic heterocycles. The number of hydrogen-bond acceptors (Lipinski definition) is 10. The number of nitrogens with one attached hydrogen (secondary N) is 4. The maximum absolute atomic E-state index is 14.2. The Morgan fingerprint density at radius 2 is 1.51 bits per heavy atom. The molecule has 2 heterocycles. The molecular formula is C37H59BN6O11. The summed E-state index contributed by atoms with van der Waals surface area (Å²) in [6, 6.07) is -5.96. The first kappa shape index (κ1) is 42.4. The summed E-state index contributed by atoms with van der Waals surface area (Å²) in [5.74, 6) is -5.81. The molecule has 4 saturated carbocycles. The Morgan fingerprint density at radius 1 is 0.873 bits per heavy atom. The minimum Gasteiger partial charge on any atom is -0.481 e. The van der Waals surface area contributed by atoms with Gasteiger partial charge in [0.25, 0.3) is 0 Å². The Hall–Kier alpha value is -3.77. The minimum atomic E-state index is -1.50. The number of aliphatic carboxylic acids is 2. The fourth-order valence-corrected chi connectivity index (χ4v) is 9.11. The number of nitrogens with zero attached hydrogens (tertiary/aromatic N) is 1. The third-order valence-corrected chi connectivity index (χ3v) is 12.9. The van der Waals surface area contributed by atoms with E-state index in [1.165, 1.54) is 4.90 Å². The molecule has 306 valence electrons. The van der Waals surface area contributed by atoms with Crippen molar-refractivity contribution in [2.24, 2.45) is 34.8 Å². The van der Waals surface area contributed by atoms with Gasteiger partial charge in [-0.2, -0.15) is 0 Å². The Labute approximate surface area is 322 Å². The normalized spacial score (nSPS) is 29.3. The van der Waals surface area contributed by atoms with Crippen molar-refractivity contribution >= 4 is 48.6 Å². The molecule has 2 aliphatic heterocycles. The lowest BCUT2D eigenvalue weighted by molar-refractivity contribution is -0.199. The predicted molar refractivity (Wildman–Crippen MR) is 198 cm³/mol. The number of carboxylic acids is 2. The number of hydrogen-bond donors (Lipinski definition) is 7. The van der Waals surface area contributed by atoms with E-state index in [1.807, 2.05) is 0 Å². The lowest BCUT2D eigenvalue weighted by atomic mass is 9.43. The molecule has 5 amide bonds. The minimum absolute atomic E-state index is 0.0282. The zero-order chi connectivity index (χ0) is 40.8. The number of rotatable bonds is 17. The van der Waals surface area contributed by atoms with Gasteiger partial charge in [-0.3, -0.25) is 33.6 Å². The van der Waals surface area contributed by atoms with Crippen molar-refractivity contribution in [1.29, 1.82) is 0 Å². The molecular weight excluding hydrogens is 715 g/mol. The number of nitrogens with two attached hydrogens (primary N) is 1. The highest BCUT2D eigenvalue weighted by molar-refractivity contribution is 6.51. The molecule has 0 aromatic rings. The first-order valence-corrected chi connectivity index (χ1v) is 19.7. The molecule has 6 fully saturated rings. The van der Waals surface area contributed by atoms with Gasteiger partial charge in [0.1, 0.15) is 24.2 Å². The average Bonchev–Trinajstić information content (AvgIpc) is 3.52. The first-order chi connectivity index (χ1) is 25.6. The largest absolute Gasteiger partial charge is 0.485 e. The van der Waals surface area contributed by atoms with Gasteiger partial charge in [-0.25, -0.2) is 0 Å². The molecule has 6 aliphatic rings. The molecule has 55 heavy (non-hydrogen) atoms. The smallest absolute Gasteiger partial charge is 0.481 e. The molecule has 0 radical (unpaired) electrons. The molecule has 9 atom stereocenters. The summed E-state index contributed by atoms with van der Waals surface area (Å²) in [5.41, 5.74) is 4.73. The van der Waals surface area contributed by atoms with Gasteiger partial charge in [-0.15, -0.1) is 0 Å². The van der Waals surface area contributed by atoms with Crippen molar-refractivity contribution in [2.75, 3.05) is 6.54 Å². The summed E-state index contributed by atoms with van der Waals surface area (Å²) < 4.78 is 13.2. The summed E-state index contributed by atoms with van der Waals surface area (Å²) in [6.07, 6.45) is 2.87. The van der Waals surface area contributed by atoms with Crippen molar-refractivity contribution in [3.8, 4) is 0 Å². The number of carboxylic acid groups (broad SMARTS) is 2. The van der Waals surface area contributed by atoms with Crippen LogP contribution in [0, 0.1) is 29.1 Å². The zero-order valence-electron chi connectivity index (χ0n) is 33.0. The fourth-order valence-electron chi connectivity index (χ4n) is 9.11. The summed E-state index contributed by atoms with van der Waals surface area (Å²) in [5, 5.41) is 29.1. The maximum Gasteiger partial charge on any atom is 0.485 e. The molecule has 2 bridgehead atoms. The number of amides is 5. The van der Waals surface area contributed by atoms with Crippen molar-refractivity contribution in [2.45, 2.75) is 154 Å². The molecule has 4 aliphatic carbocycles. The molecule has 17 nitrogen and oxygen atoms in total. The second-order valence-corrected chi connectivity index (χ2v) is 17.8. The van der Waals surface area contributed by atoms with Crippen LogP contribution in [0.25, 0.3) is 0 Å². The van der Waals surface area contributed by atoms with Crippen molar-refractivity contribution in [3.05, 3.63) is 0 Å². The van der Waals surface area contributed by atoms with E-state index in [0.717, 1.165) is 12.8 Å². The van der Waals surface area contributed by atoms with Crippen LogP contribution in [0.5, 0.6) is 0 Å². The molecule has 2 saturated heterocycles. The van der Waals surface area contributed by atoms with Gasteiger partial charge < -0.3 is 51.4 Å². The van der Waals surface area contributed by atoms with Crippen molar-refractivity contribution in [1.82, 2.24) is 26.2 Å². The average molecular weight is 775 g/mol. The van der Waals surface area contributed by atoms with Crippen LogP contribution >= 0.6 is 0 Å². The van der Waals surface area contributed by atoms with Gasteiger partial charge in [-0.1, -0.05) is 41.5 Å². The van der Waals surface area contributed by atoms with Crippen LogP contribution in [0.1, 0.15) is 106 Å². The van der Waals surface area contributed by atoms with E-state index in [9.17, 15) is 38.7 Å². The Morgan fingerprint density at radius 3 is 2.07 bits per heavy atom. The number of carbonyl (C=O) groups excluding carboxylic acids is 5. The van der Waals surface area contributed by atoms with E-state index in [-0.39, 0.29) is 23.8 Å². The van der Waals surface area contributed by atoms with E-state index in [4.69, 9.17) is 20.1 Å². The van der Waals surface area contributed by atoms with Crippen molar-refractivity contribution < 1.29 is 53.1 Å². The van der Waals surface area contributed by atoms with Gasteiger partial charge in [0.2, 0.25) is 29.5 Å². The molecule has 0 unspecified atom stereocenters. The molecule has 8 N–H and O–H groups in total. The van der Waals surface area contributed by atoms with E-state index >= 15 is 0 Å². The van der Waals surface area contributed by atoms with Crippen LogP contribution in [-0.2, 0) is 42.9 Å². The van der Waals surface area contributed by atoms with Crippen LogP contribution in [0.2, 0.25) is 0 Å². The van der Waals surface area contributed by atoms with E-state index < -0.39 is 109 Å². The summed E-state index contributed by atoms with van der Waals surface area (Å²) in [4.78, 5) is 91.7. The lowest BCUT2D eigenvalue weighted by Crippen LogP contribution is -2.65. The van der Waals surface area contributed by atoms with Crippen LogP contribution < -0.4 is 27.0 Å². The van der Waals surface area contributed by atoms with E-state index in [1.54, 1.807) is 27.7 Å². The predicted octanol–water partition coefficient (Wildman–Crippen LogP) is 0.327. The Balaban J connectivity index is 1.22. The van der Waals surface area contributed by atoms with Gasteiger partial charge in [-0.05, 0) is 81.0 Å². The highest BCUT2D eigenvalue weighted by atomic mass is 16.7. The summed E-state index contributed by atoms with van der Waals surface area (Å²) >= 11 is 0. The molecule has 0 aromatic carbocycles. The van der Waals surface area contributed by atoms with Crippen LogP contribution in [0.15, 0.2) is 0 Å². The highest BCUT2D eigenvalue weighted by Gasteiger charge is 2.72. The third kappa shape index (κ3) is 8.65. The molecule has 0 spiro atoms. The van der Waals surface area contributed by atoms with Crippen molar-refractivity contribution in [3.63, 3.8) is 0 Å². The second-order valence-electron chi connectivity index (χ2n) is 17.8. The fraction of sp³-hybridized carbons (Fsp3) is 0.811. The maximum atomic E-state index is 14.2. The number of carbonyl (C=O) groups is 7. The van der Waals surface area contributed by atoms with E-state index in [2.05, 4.69) is 42.0 Å².